The second kappa shape index (κ2) is 8.03. The summed E-state index contributed by atoms with van der Waals surface area (Å²) in [5, 5.41) is 14.0. The van der Waals surface area contributed by atoms with Gasteiger partial charge in [0.2, 0.25) is 0 Å². The van der Waals surface area contributed by atoms with Gasteiger partial charge in [-0.25, -0.2) is 0 Å². The van der Waals surface area contributed by atoms with Crippen LogP contribution < -0.4 is 5.32 Å². The maximum absolute atomic E-state index is 12.3. The average molecular weight is 321 g/mol. The van der Waals surface area contributed by atoms with Gasteiger partial charge in [-0.15, -0.1) is 0 Å². The molecule has 0 radical (unpaired) electrons. The van der Waals surface area contributed by atoms with Gasteiger partial charge in [-0.3, -0.25) is 19.8 Å². The van der Waals surface area contributed by atoms with E-state index in [0.29, 0.717) is 18.7 Å². The standard InChI is InChI=1S/C16H23N3O4/c1-12-5-3-7-14(15(12)19(21)22)16(20)17-11-13-6-4-8-18(13)9-10-23-2/h3,5,7,13H,4,6,8-11H2,1-2H3,(H,17,20)/t13-/m0/s1. The van der Waals surface area contributed by atoms with E-state index in [9.17, 15) is 14.9 Å². The third-order valence-electron chi connectivity index (χ3n) is 4.24. The molecule has 1 saturated heterocycles. The lowest BCUT2D eigenvalue weighted by molar-refractivity contribution is -0.385. The zero-order valence-electron chi connectivity index (χ0n) is 13.6. The van der Waals surface area contributed by atoms with Crippen LogP contribution in [0.15, 0.2) is 18.2 Å². The Morgan fingerprint density at radius 1 is 1.52 bits per heavy atom. The van der Waals surface area contributed by atoms with Crippen LogP contribution in [0.3, 0.4) is 0 Å². The van der Waals surface area contributed by atoms with Crippen molar-refractivity contribution in [2.75, 3.05) is 33.4 Å². The first-order chi connectivity index (χ1) is 11.0. The molecule has 7 nitrogen and oxygen atoms in total. The first-order valence-corrected chi connectivity index (χ1v) is 7.79. The molecular formula is C16H23N3O4. The Balaban J connectivity index is 2.00. The smallest absolute Gasteiger partial charge is 0.285 e. The normalized spacial score (nSPS) is 18.1. The Morgan fingerprint density at radius 2 is 2.30 bits per heavy atom. The van der Waals surface area contributed by atoms with Gasteiger partial charge in [-0.1, -0.05) is 12.1 Å². The van der Waals surface area contributed by atoms with E-state index in [1.54, 1.807) is 26.2 Å². The number of methoxy groups -OCH3 is 1. The van der Waals surface area contributed by atoms with E-state index in [0.717, 1.165) is 25.9 Å². The summed E-state index contributed by atoms with van der Waals surface area (Å²) in [7, 11) is 1.67. The molecule has 0 saturated carbocycles. The number of nitrogens with zero attached hydrogens (tertiary/aromatic N) is 2. The zero-order chi connectivity index (χ0) is 16.8. The average Bonchev–Trinajstić information content (AvgIpc) is 2.97. The molecule has 1 atom stereocenters. The third kappa shape index (κ3) is 4.27. The number of amides is 1. The molecule has 2 rings (SSSR count). The Labute approximate surface area is 135 Å². The number of ether oxygens (including phenoxy) is 1. The van der Waals surface area contributed by atoms with Crippen LogP contribution in [0.25, 0.3) is 0 Å². The van der Waals surface area contributed by atoms with Gasteiger partial charge in [0, 0.05) is 31.8 Å². The number of hydrogen-bond donors (Lipinski definition) is 1. The first kappa shape index (κ1) is 17.4. The van der Waals surface area contributed by atoms with Gasteiger partial charge in [0.15, 0.2) is 0 Å². The number of likely N-dealkylation sites (tertiary alicyclic amines) is 1. The lowest BCUT2D eigenvalue weighted by atomic mass is 10.1. The van der Waals surface area contributed by atoms with E-state index in [1.165, 1.54) is 6.07 Å². The van der Waals surface area contributed by atoms with Gasteiger partial charge in [0.25, 0.3) is 11.6 Å². The minimum atomic E-state index is -0.495. The summed E-state index contributed by atoms with van der Waals surface area (Å²) in [5.41, 5.74) is 0.495. The number of benzene rings is 1. The highest BCUT2D eigenvalue weighted by Crippen LogP contribution is 2.23. The Bertz CT molecular complexity index is 576. The predicted octanol–water partition coefficient (Wildman–Crippen LogP) is 1.74. The number of nitrogens with one attached hydrogen (secondary N) is 1. The molecule has 0 unspecified atom stereocenters. The topological polar surface area (TPSA) is 84.7 Å². The van der Waals surface area contributed by atoms with Crippen LogP contribution in [0.4, 0.5) is 5.69 Å². The van der Waals surface area contributed by atoms with Gasteiger partial charge < -0.3 is 10.1 Å². The van der Waals surface area contributed by atoms with E-state index in [4.69, 9.17) is 4.74 Å². The second-order valence-corrected chi connectivity index (χ2v) is 5.76. The minimum Gasteiger partial charge on any atom is -0.383 e. The van der Waals surface area contributed by atoms with Crippen molar-refractivity contribution >= 4 is 11.6 Å². The molecule has 126 valence electrons. The first-order valence-electron chi connectivity index (χ1n) is 7.79. The molecule has 0 spiro atoms. The van der Waals surface area contributed by atoms with Crippen LogP contribution in [-0.2, 0) is 4.74 Å². The van der Waals surface area contributed by atoms with Crippen molar-refractivity contribution in [2.45, 2.75) is 25.8 Å². The molecule has 1 aliphatic heterocycles. The number of carbonyl (C=O) groups is 1. The van der Waals surface area contributed by atoms with Crippen LogP contribution in [0.1, 0.15) is 28.8 Å². The summed E-state index contributed by atoms with van der Waals surface area (Å²) in [6.07, 6.45) is 2.11. The molecule has 0 aliphatic carbocycles. The molecule has 1 N–H and O–H groups in total. The van der Waals surface area contributed by atoms with Gasteiger partial charge in [0.05, 0.1) is 11.5 Å². The van der Waals surface area contributed by atoms with Crippen LogP contribution in [0.2, 0.25) is 0 Å². The highest BCUT2D eigenvalue weighted by molar-refractivity contribution is 5.98. The minimum absolute atomic E-state index is 0.118. The van der Waals surface area contributed by atoms with Crippen molar-refractivity contribution in [3.63, 3.8) is 0 Å². The largest absolute Gasteiger partial charge is 0.383 e. The fourth-order valence-corrected chi connectivity index (χ4v) is 3.02. The Hall–Kier alpha value is -1.99. The Kier molecular flexibility index (Phi) is 6.06. The van der Waals surface area contributed by atoms with E-state index >= 15 is 0 Å². The second-order valence-electron chi connectivity index (χ2n) is 5.76. The Morgan fingerprint density at radius 3 is 3.00 bits per heavy atom. The fourth-order valence-electron chi connectivity index (χ4n) is 3.02. The zero-order valence-corrected chi connectivity index (χ0v) is 13.6. The number of rotatable bonds is 7. The number of nitro groups is 1. The van der Waals surface area contributed by atoms with Crippen molar-refractivity contribution in [2.24, 2.45) is 0 Å². The molecule has 23 heavy (non-hydrogen) atoms. The highest BCUT2D eigenvalue weighted by Gasteiger charge is 2.26. The lowest BCUT2D eigenvalue weighted by Crippen LogP contribution is -2.41. The van der Waals surface area contributed by atoms with Crippen LogP contribution in [0.5, 0.6) is 0 Å². The lowest BCUT2D eigenvalue weighted by Gasteiger charge is -2.24. The van der Waals surface area contributed by atoms with Crippen LogP contribution >= 0.6 is 0 Å². The number of hydrogen-bond acceptors (Lipinski definition) is 5. The highest BCUT2D eigenvalue weighted by atomic mass is 16.6. The maximum atomic E-state index is 12.3. The molecule has 1 aliphatic rings. The maximum Gasteiger partial charge on any atom is 0.285 e. The summed E-state index contributed by atoms with van der Waals surface area (Å²) in [5.74, 6) is -0.390. The number of para-hydroxylation sites is 1. The van der Waals surface area contributed by atoms with Gasteiger partial charge >= 0.3 is 0 Å². The number of aryl methyl sites for hydroxylation is 1. The molecule has 1 aromatic carbocycles. The van der Waals surface area contributed by atoms with Crippen molar-refractivity contribution in [1.82, 2.24) is 10.2 Å². The number of nitro benzene ring substituents is 1. The SMILES string of the molecule is COCCN1CCC[C@H]1CNC(=O)c1cccc(C)c1[N+](=O)[O-]. The quantitative estimate of drug-likeness (QED) is 0.611. The van der Waals surface area contributed by atoms with E-state index < -0.39 is 4.92 Å². The molecule has 1 aromatic rings. The van der Waals surface area contributed by atoms with Gasteiger partial charge in [-0.05, 0) is 32.4 Å². The fraction of sp³-hybridized carbons (Fsp3) is 0.562. The predicted molar refractivity (Wildman–Crippen MR) is 86.6 cm³/mol. The van der Waals surface area contributed by atoms with Gasteiger partial charge in [0.1, 0.15) is 5.56 Å². The third-order valence-corrected chi connectivity index (χ3v) is 4.24. The molecule has 1 fully saturated rings. The van der Waals surface area contributed by atoms with Gasteiger partial charge in [-0.2, -0.15) is 0 Å². The van der Waals surface area contributed by atoms with E-state index in [-0.39, 0.29) is 23.2 Å². The summed E-state index contributed by atoms with van der Waals surface area (Å²) in [6, 6.07) is 5.06. The van der Waals surface area contributed by atoms with Crippen molar-refractivity contribution in [3.8, 4) is 0 Å². The summed E-state index contributed by atoms with van der Waals surface area (Å²) >= 11 is 0. The van der Waals surface area contributed by atoms with Crippen molar-refractivity contribution in [1.29, 1.82) is 0 Å². The van der Waals surface area contributed by atoms with Crippen molar-refractivity contribution < 1.29 is 14.5 Å². The molecule has 1 heterocycles. The van der Waals surface area contributed by atoms with Crippen LogP contribution in [-0.4, -0.2) is 55.1 Å². The van der Waals surface area contributed by atoms with E-state index in [2.05, 4.69) is 10.2 Å². The van der Waals surface area contributed by atoms with Crippen molar-refractivity contribution in [3.05, 3.63) is 39.4 Å². The summed E-state index contributed by atoms with van der Waals surface area (Å²) in [4.78, 5) is 25.3. The van der Waals surface area contributed by atoms with E-state index in [1.807, 2.05) is 0 Å². The molecule has 0 bridgehead atoms. The summed E-state index contributed by atoms with van der Waals surface area (Å²) in [6.45, 7) is 4.62. The molecule has 0 aromatic heterocycles. The molecule has 7 heteroatoms. The number of carbonyl (C=O) groups excluding carboxylic acids is 1. The molecular weight excluding hydrogens is 298 g/mol. The monoisotopic (exact) mass is 321 g/mol. The van der Waals surface area contributed by atoms with Crippen LogP contribution in [0, 0.1) is 17.0 Å². The molecule has 1 amide bonds. The summed E-state index contributed by atoms with van der Waals surface area (Å²) < 4.78 is 5.10.